The maximum atomic E-state index is 13.3. The van der Waals surface area contributed by atoms with Gasteiger partial charge in [0.25, 0.3) is 0 Å². The summed E-state index contributed by atoms with van der Waals surface area (Å²) in [5, 5.41) is 0. The lowest BCUT2D eigenvalue weighted by Crippen LogP contribution is -2.08. The highest BCUT2D eigenvalue weighted by Gasteiger charge is 2.16. The third-order valence-corrected chi connectivity index (χ3v) is 2.58. The Kier molecular flexibility index (Phi) is 3.79. The number of hydrogen-bond donors (Lipinski definition) is 1. The van der Waals surface area contributed by atoms with Crippen LogP contribution in [0.4, 0.5) is 10.2 Å². The van der Waals surface area contributed by atoms with Crippen molar-refractivity contribution in [1.29, 1.82) is 0 Å². The summed E-state index contributed by atoms with van der Waals surface area (Å²) in [7, 11) is 1.47. The summed E-state index contributed by atoms with van der Waals surface area (Å²) >= 11 is 0. The maximum absolute atomic E-state index is 13.3. The minimum Gasteiger partial charge on any atom is -0.482 e. The molecule has 2 aromatic heterocycles. The molecule has 6 heteroatoms. The number of methoxy groups -OCH3 is 1. The number of aromatic nitrogens is 2. The molecule has 2 aromatic rings. The smallest absolute Gasteiger partial charge is 0.220 e. The number of nitrogens with zero attached hydrogens (tertiary/aromatic N) is 2. The number of nitrogens with two attached hydrogens (primary N) is 1. The van der Waals surface area contributed by atoms with Crippen LogP contribution in [0.2, 0.25) is 0 Å². The minimum absolute atomic E-state index is 0.276. The van der Waals surface area contributed by atoms with E-state index in [9.17, 15) is 4.39 Å². The molecule has 2 heterocycles. The molecule has 2 rings (SSSR count). The summed E-state index contributed by atoms with van der Waals surface area (Å²) in [4.78, 5) is 7.78. The van der Waals surface area contributed by atoms with E-state index < -0.39 is 11.9 Å². The number of nitrogen functional groups attached to an aromatic ring is 1. The van der Waals surface area contributed by atoms with E-state index >= 15 is 0 Å². The average molecular weight is 263 g/mol. The molecule has 0 aliphatic carbocycles. The van der Waals surface area contributed by atoms with E-state index in [1.54, 1.807) is 25.3 Å². The fraction of sp³-hybridized carbons (Fsp3) is 0.231. The van der Waals surface area contributed by atoms with Gasteiger partial charge in [-0.25, -0.2) is 14.4 Å². The molecule has 0 fully saturated rings. The van der Waals surface area contributed by atoms with Gasteiger partial charge in [0, 0.05) is 6.20 Å². The van der Waals surface area contributed by atoms with Crippen LogP contribution in [0.3, 0.4) is 0 Å². The molecule has 100 valence electrons. The normalized spacial score (nSPS) is 11.9. The molecule has 0 amide bonds. The van der Waals surface area contributed by atoms with Crippen molar-refractivity contribution < 1.29 is 13.9 Å². The van der Waals surface area contributed by atoms with Crippen molar-refractivity contribution in [3.05, 3.63) is 42.0 Å². The van der Waals surface area contributed by atoms with Crippen LogP contribution in [0.15, 0.2) is 30.6 Å². The molecule has 19 heavy (non-hydrogen) atoms. The molecule has 0 aliphatic rings. The van der Waals surface area contributed by atoms with Gasteiger partial charge in [-0.15, -0.1) is 0 Å². The van der Waals surface area contributed by atoms with Crippen molar-refractivity contribution in [3.63, 3.8) is 0 Å². The van der Waals surface area contributed by atoms with E-state index in [1.165, 1.54) is 13.2 Å². The summed E-state index contributed by atoms with van der Waals surface area (Å²) in [5.74, 6) is 0.570. The van der Waals surface area contributed by atoms with Gasteiger partial charge in [0.05, 0.1) is 18.9 Å². The standard InChI is InChI=1S/C13H14FN3O2/c1-8(19-11-4-3-5-16-12(11)15)10-6-9(14)7-17-13(10)18-2/h3-8H,1-2H3,(H2,15,16)/t8-/m0/s1. The Hall–Kier alpha value is -2.37. The molecular weight excluding hydrogens is 249 g/mol. The Balaban J connectivity index is 2.27. The van der Waals surface area contributed by atoms with E-state index in [1.807, 2.05) is 0 Å². The number of rotatable bonds is 4. The average Bonchev–Trinajstić information content (AvgIpc) is 2.41. The van der Waals surface area contributed by atoms with E-state index in [0.29, 0.717) is 17.2 Å². The predicted molar refractivity (Wildman–Crippen MR) is 68.4 cm³/mol. The molecule has 5 nitrogen and oxygen atoms in total. The summed E-state index contributed by atoms with van der Waals surface area (Å²) in [5.41, 5.74) is 6.20. The first-order valence-corrected chi connectivity index (χ1v) is 5.68. The Morgan fingerprint density at radius 3 is 2.84 bits per heavy atom. The zero-order valence-electron chi connectivity index (χ0n) is 10.6. The zero-order chi connectivity index (χ0) is 13.8. The molecular formula is C13H14FN3O2. The first-order valence-electron chi connectivity index (χ1n) is 5.68. The lowest BCUT2D eigenvalue weighted by molar-refractivity contribution is 0.219. The number of pyridine rings is 2. The number of hydrogen-bond acceptors (Lipinski definition) is 5. The van der Waals surface area contributed by atoms with E-state index in [0.717, 1.165) is 6.20 Å². The lowest BCUT2D eigenvalue weighted by Gasteiger charge is -2.17. The zero-order valence-corrected chi connectivity index (χ0v) is 10.6. The van der Waals surface area contributed by atoms with Crippen molar-refractivity contribution in [2.24, 2.45) is 0 Å². The highest BCUT2D eigenvalue weighted by molar-refractivity contribution is 5.45. The molecule has 1 atom stereocenters. The Morgan fingerprint density at radius 2 is 2.16 bits per heavy atom. The van der Waals surface area contributed by atoms with Crippen molar-refractivity contribution in [1.82, 2.24) is 9.97 Å². The summed E-state index contributed by atoms with van der Waals surface area (Å²) < 4.78 is 24.0. The molecule has 0 saturated carbocycles. The van der Waals surface area contributed by atoms with Gasteiger partial charge in [-0.05, 0) is 25.1 Å². The summed E-state index contributed by atoms with van der Waals surface area (Å²) in [6, 6.07) is 4.72. The first kappa shape index (κ1) is 13.1. The van der Waals surface area contributed by atoms with Crippen LogP contribution in [0.1, 0.15) is 18.6 Å². The second-order valence-corrected chi connectivity index (χ2v) is 3.90. The number of anilines is 1. The van der Waals surface area contributed by atoms with Crippen LogP contribution < -0.4 is 15.2 Å². The molecule has 0 saturated heterocycles. The largest absolute Gasteiger partial charge is 0.482 e. The van der Waals surface area contributed by atoms with Gasteiger partial charge in [0.1, 0.15) is 11.9 Å². The SMILES string of the molecule is COc1ncc(F)cc1[C@H](C)Oc1cccnc1N. The van der Waals surface area contributed by atoms with E-state index in [2.05, 4.69) is 9.97 Å². The first-order chi connectivity index (χ1) is 9.11. The quantitative estimate of drug-likeness (QED) is 0.916. The maximum Gasteiger partial charge on any atom is 0.220 e. The molecule has 0 radical (unpaired) electrons. The van der Waals surface area contributed by atoms with Crippen molar-refractivity contribution in [3.8, 4) is 11.6 Å². The Labute approximate surface area is 110 Å². The number of ether oxygens (including phenoxy) is 2. The fourth-order valence-electron chi connectivity index (χ4n) is 1.66. The van der Waals surface area contributed by atoms with Crippen LogP contribution in [0.25, 0.3) is 0 Å². The predicted octanol–water partition coefficient (Wildman–Crippen LogP) is 2.35. The van der Waals surface area contributed by atoms with Gasteiger partial charge >= 0.3 is 0 Å². The summed E-state index contributed by atoms with van der Waals surface area (Å²) in [6.45, 7) is 1.76. The second-order valence-electron chi connectivity index (χ2n) is 3.90. The Morgan fingerprint density at radius 1 is 1.37 bits per heavy atom. The van der Waals surface area contributed by atoms with Gasteiger partial charge < -0.3 is 15.2 Å². The van der Waals surface area contributed by atoms with Crippen molar-refractivity contribution in [2.75, 3.05) is 12.8 Å². The molecule has 0 spiro atoms. The molecule has 0 aromatic carbocycles. The van der Waals surface area contributed by atoms with Gasteiger partial charge in [0.2, 0.25) is 5.88 Å². The van der Waals surface area contributed by atoms with Crippen molar-refractivity contribution >= 4 is 5.82 Å². The second kappa shape index (κ2) is 5.51. The summed E-state index contributed by atoms with van der Waals surface area (Å²) in [6.07, 6.45) is 2.19. The molecule has 0 bridgehead atoms. The van der Waals surface area contributed by atoms with Crippen LogP contribution in [0.5, 0.6) is 11.6 Å². The third kappa shape index (κ3) is 2.90. The lowest BCUT2D eigenvalue weighted by atomic mass is 10.1. The Bertz CT molecular complexity index is 578. The highest BCUT2D eigenvalue weighted by Crippen LogP contribution is 2.29. The van der Waals surface area contributed by atoms with Gasteiger partial charge in [-0.3, -0.25) is 0 Å². The molecule has 2 N–H and O–H groups in total. The molecule has 0 unspecified atom stereocenters. The number of halogens is 1. The monoisotopic (exact) mass is 263 g/mol. The van der Waals surface area contributed by atoms with Gasteiger partial charge in [-0.1, -0.05) is 0 Å². The molecule has 0 aliphatic heterocycles. The third-order valence-electron chi connectivity index (χ3n) is 2.58. The van der Waals surface area contributed by atoms with Gasteiger partial charge in [0.15, 0.2) is 11.6 Å². The highest BCUT2D eigenvalue weighted by atomic mass is 19.1. The van der Waals surface area contributed by atoms with Crippen LogP contribution in [0, 0.1) is 5.82 Å². The van der Waals surface area contributed by atoms with Crippen LogP contribution in [-0.4, -0.2) is 17.1 Å². The van der Waals surface area contributed by atoms with Crippen LogP contribution >= 0.6 is 0 Å². The van der Waals surface area contributed by atoms with E-state index in [-0.39, 0.29) is 5.82 Å². The van der Waals surface area contributed by atoms with E-state index in [4.69, 9.17) is 15.2 Å². The topological polar surface area (TPSA) is 70.3 Å². The van der Waals surface area contributed by atoms with Gasteiger partial charge in [-0.2, -0.15) is 0 Å². The fourth-order valence-corrected chi connectivity index (χ4v) is 1.66. The van der Waals surface area contributed by atoms with Crippen LogP contribution in [-0.2, 0) is 0 Å². The minimum atomic E-state index is -0.468. The van der Waals surface area contributed by atoms with Crippen molar-refractivity contribution in [2.45, 2.75) is 13.0 Å².